The van der Waals surface area contributed by atoms with Crippen LogP contribution in [-0.2, 0) is 13.0 Å². The molecule has 0 aliphatic rings. The third-order valence-electron chi connectivity index (χ3n) is 3.80. The second-order valence-electron chi connectivity index (χ2n) is 5.62. The molecule has 0 saturated carbocycles. The summed E-state index contributed by atoms with van der Waals surface area (Å²) < 4.78 is 1.48. The van der Waals surface area contributed by atoms with Gasteiger partial charge in [0.15, 0.2) is 11.5 Å². The number of nitrogens with two attached hydrogens (primary N) is 1. The van der Waals surface area contributed by atoms with E-state index in [1.165, 1.54) is 4.68 Å². The molecule has 1 aromatic heterocycles. The van der Waals surface area contributed by atoms with Crippen molar-refractivity contribution in [3.8, 4) is 0 Å². The Morgan fingerprint density at radius 1 is 1.20 bits per heavy atom. The molecule has 0 saturated heterocycles. The van der Waals surface area contributed by atoms with Crippen molar-refractivity contribution in [1.29, 1.82) is 0 Å². The zero-order valence-corrected chi connectivity index (χ0v) is 14.5. The molecular formula is C18H18ClN5O. The number of nitrogen functional groups attached to an aromatic ring is 1. The molecule has 1 heterocycles. The first-order valence-corrected chi connectivity index (χ1v) is 8.28. The Bertz CT molecular complexity index is 906. The maximum Gasteiger partial charge on any atom is 0.280 e. The quantitative estimate of drug-likeness (QED) is 0.734. The number of anilines is 2. The average molecular weight is 356 g/mol. The van der Waals surface area contributed by atoms with Crippen LogP contribution in [0, 0.1) is 0 Å². The molecule has 3 N–H and O–H groups in total. The maximum atomic E-state index is 12.4. The Hall–Kier alpha value is -2.86. The molecule has 0 aliphatic carbocycles. The van der Waals surface area contributed by atoms with Crippen LogP contribution < -0.4 is 11.1 Å². The van der Waals surface area contributed by atoms with Crippen LogP contribution in [0.3, 0.4) is 0 Å². The minimum atomic E-state index is -0.386. The van der Waals surface area contributed by atoms with Gasteiger partial charge in [0.05, 0.1) is 6.54 Å². The van der Waals surface area contributed by atoms with E-state index in [-0.39, 0.29) is 17.4 Å². The van der Waals surface area contributed by atoms with Crippen LogP contribution in [0.4, 0.5) is 11.5 Å². The number of rotatable bonds is 5. The summed E-state index contributed by atoms with van der Waals surface area (Å²) in [4.78, 5) is 12.4. The first-order chi connectivity index (χ1) is 12.1. The summed E-state index contributed by atoms with van der Waals surface area (Å²) >= 11 is 5.98. The molecule has 2 aromatic carbocycles. The zero-order valence-electron chi connectivity index (χ0n) is 13.7. The van der Waals surface area contributed by atoms with Gasteiger partial charge in [-0.05, 0) is 41.8 Å². The number of carbonyl (C=O) groups is 1. The van der Waals surface area contributed by atoms with Crippen LogP contribution >= 0.6 is 11.6 Å². The standard InChI is InChI=1S/C18H18ClN5O/c1-2-12-5-4-8-15(10-12)21-18(25)16-17(20)24(23-22-16)11-13-6-3-7-14(19)9-13/h3-10H,2,11,20H2,1H3,(H,21,25). The molecule has 0 fully saturated rings. The van der Waals surface area contributed by atoms with Crippen LogP contribution in [0.2, 0.25) is 5.02 Å². The van der Waals surface area contributed by atoms with Gasteiger partial charge in [-0.1, -0.05) is 48.0 Å². The lowest BCUT2D eigenvalue weighted by molar-refractivity contribution is 0.102. The van der Waals surface area contributed by atoms with Gasteiger partial charge in [-0.3, -0.25) is 4.79 Å². The van der Waals surface area contributed by atoms with E-state index in [2.05, 4.69) is 22.6 Å². The van der Waals surface area contributed by atoms with Crippen LogP contribution in [0.1, 0.15) is 28.5 Å². The number of benzene rings is 2. The molecule has 0 radical (unpaired) electrons. The Balaban J connectivity index is 1.76. The summed E-state index contributed by atoms with van der Waals surface area (Å²) in [6.45, 7) is 2.44. The second kappa shape index (κ2) is 7.36. The SMILES string of the molecule is CCc1cccc(NC(=O)c2nnn(Cc3cccc(Cl)c3)c2N)c1. The lowest BCUT2D eigenvalue weighted by Crippen LogP contribution is -2.15. The van der Waals surface area contributed by atoms with Gasteiger partial charge in [0, 0.05) is 10.7 Å². The summed E-state index contributed by atoms with van der Waals surface area (Å²) in [5, 5.41) is 11.3. The first kappa shape index (κ1) is 17.0. The number of aryl methyl sites for hydroxylation is 1. The van der Waals surface area contributed by atoms with Crippen molar-refractivity contribution in [3.63, 3.8) is 0 Å². The van der Waals surface area contributed by atoms with E-state index >= 15 is 0 Å². The number of nitrogens with zero attached hydrogens (tertiary/aromatic N) is 3. The second-order valence-corrected chi connectivity index (χ2v) is 6.06. The predicted molar refractivity (Wildman–Crippen MR) is 98.8 cm³/mol. The van der Waals surface area contributed by atoms with E-state index in [0.29, 0.717) is 17.3 Å². The van der Waals surface area contributed by atoms with Crippen molar-refractivity contribution in [1.82, 2.24) is 15.0 Å². The van der Waals surface area contributed by atoms with Gasteiger partial charge in [0.1, 0.15) is 0 Å². The fraction of sp³-hybridized carbons (Fsp3) is 0.167. The summed E-state index contributed by atoms with van der Waals surface area (Å²) in [7, 11) is 0. The lowest BCUT2D eigenvalue weighted by Gasteiger charge is -2.06. The number of halogens is 1. The first-order valence-electron chi connectivity index (χ1n) is 7.90. The average Bonchev–Trinajstić information content (AvgIpc) is 2.96. The Morgan fingerprint density at radius 2 is 1.96 bits per heavy atom. The van der Waals surface area contributed by atoms with E-state index < -0.39 is 0 Å². The highest BCUT2D eigenvalue weighted by Crippen LogP contribution is 2.17. The predicted octanol–water partition coefficient (Wildman–Crippen LogP) is 3.38. The molecule has 3 rings (SSSR count). The highest BCUT2D eigenvalue weighted by Gasteiger charge is 2.18. The molecule has 128 valence electrons. The van der Waals surface area contributed by atoms with E-state index in [9.17, 15) is 4.79 Å². The molecule has 0 unspecified atom stereocenters. The molecule has 25 heavy (non-hydrogen) atoms. The summed E-state index contributed by atoms with van der Waals surface area (Å²) in [5.41, 5.74) is 8.90. The van der Waals surface area contributed by atoms with Crippen LogP contribution in [-0.4, -0.2) is 20.9 Å². The Labute approximate surface area is 150 Å². The minimum absolute atomic E-state index is 0.101. The monoisotopic (exact) mass is 355 g/mol. The van der Waals surface area contributed by atoms with E-state index in [1.807, 2.05) is 42.5 Å². The van der Waals surface area contributed by atoms with Gasteiger partial charge in [-0.25, -0.2) is 4.68 Å². The lowest BCUT2D eigenvalue weighted by atomic mass is 10.1. The van der Waals surface area contributed by atoms with E-state index in [4.69, 9.17) is 17.3 Å². The minimum Gasteiger partial charge on any atom is -0.382 e. The van der Waals surface area contributed by atoms with E-state index in [0.717, 1.165) is 17.5 Å². The number of hydrogen-bond acceptors (Lipinski definition) is 4. The molecule has 0 atom stereocenters. The largest absolute Gasteiger partial charge is 0.382 e. The number of aromatic nitrogens is 3. The van der Waals surface area contributed by atoms with Gasteiger partial charge < -0.3 is 11.1 Å². The molecule has 0 aliphatic heterocycles. The van der Waals surface area contributed by atoms with Crippen LogP contribution in [0.25, 0.3) is 0 Å². The third-order valence-corrected chi connectivity index (χ3v) is 4.04. The zero-order chi connectivity index (χ0) is 17.8. The maximum absolute atomic E-state index is 12.4. The number of nitrogens with one attached hydrogen (secondary N) is 1. The van der Waals surface area contributed by atoms with E-state index in [1.54, 1.807) is 6.07 Å². The number of hydrogen-bond donors (Lipinski definition) is 2. The molecular weight excluding hydrogens is 338 g/mol. The van der Waals surface area contributed by atoms with Crippen molar-refractivity contribution in [3.05, 3.63) is 70.4 Å². The van der Waals surface area contributed by atoms with Crippen molar-refractivity contribution >= 4 is 29.0 Å². The van der Waals surface area contributed by atoms with Crippen molar-refractivity contribution in [2.24, 2.45) is 0 Å². The van der Waals surface area contributed by atoms with Gasteiger partial charge >= 0.3 is 0 Å². The van der Waals surface area contributed by atoms with Gasteiger partial charge in [-0.15, -0.1) is 5.10 Å². The molecule has 6 nitrogen and oxygen atoms in total. The fourth-order valence-electron chi connectivity index (χ4n) is 2.47. The summed E-state index contributed by atoms with van der Waals surface area (Å²) in [6, 6.07) is 15.0. The van der Waals surface area contributed by atoms with Crippen molar-refractivity contribution < 1.29 is 4.79 Å². The summed E-state index contributed by atoms with van der Waals surface area (Å²) in [5.74, 6) is -0.174. The Kier molecular flexibility index (Phi) is 5.00. The topological polar surface area (TPSA) is 85.8 Å². The van der Waals surface area contributed by atoms with Crippen molar-refractivity contribution in [2.45, 2.75) is 19.9 Å². The molecule has 7 heteroatoms. The van der Waals surface area contributed by atoms with Crippen molar-refractivity contribution in [2.75, 3.05) is 11.1 Å². The fourth-order valence-corrected chi connectivity index (χ4v) is 2.68. The smallest absolute Gasteiger partial charge is 0.280 e. The number of amides is 1. The Morgan fingerprint density at radius 3 is 2.72 bits per heavy atom. The number of carbonyl (C=O) groups excluding carboxylic acids is 1. The molecule has 0 bridgehead atoms. The summed E-state index contributed by atoms with van der Waals surface area (Å²) in [6.07, 6.45) is 0.891. The van der Waals surface area contributed by atoms with Gasteiger partial charge in [0.2, 0.25) is 0 Å². The normalized spacial score (nSPS) is 10.6. The highest BCUT2D eigenvalue weighted by molar-refractivity contribution is 6.30. The molecule has 3 aromatic rings. The third kappa shape index (κ3) is 3.97. The highest BCUT2D eigenvalue weighted by atomic mass is 35.5. The van der Waals surface area contributed by atoms with Gasteiger partial charge in [-0.2, -0.15) is 0 Å². The van der Waals surface area contributed by atoms with Gasteiger partial charge in [0.25, 0.3) is 5.91 Å². The molecule has 1 amide bonds. The van der Waals surface area contributed by atoms with Crippen LogP contribution in [0.15, 0.2) is 48.5 Å². The molecule has 0 spiro atoms. The van der Waals surface area contributed by atoms with Crippen LogP contribution in [0.5, 0.6) is 0 Å².